The molecule has 1 saturated heterocycles. The van der Waals surface area contributed by atoms with Gasteiger partial charge in [-0.1, -0.05) is 0 Å². The van der Waals surface area contributed by atoms with Crippen molar-refractivity contribution in [2.24, 2.45) is 0 Å². The monoisotopic (exact) mass is 372 g/mol. The molecule has 0 radical (unpaired) electrons. The third kappa shape index (κ3) is 2.96. The molecular weight excluding hydrogens is 352 g/mol. The fourth-order valence-electron chi connectivity index (χ4n) is 3.29. The minimum Gasteiger partial charge on any atom is -0.312 e. The average molecular weight is 372 g/mol. The van der Waals surface area contributed by atoms with Crippen LogP contribution in [0.25, 0.3) is 0 Å². The van der Waals surface area contributed by atoms with Crippen LogP contribution in [0.2, 0.25) is 0 Å². The van der Waals surface area contributed by atoms with Gasteiger partial charge in [-0.3, -0.25) is 4.79 Å². The highest BCUT2D eigenvalue weighted by molar-refractivity contribution is 7.92. The van der Waals surface area contributed by atoms with Crippen LogP contribution in [0.5, 0.6) is 0 Å². The summed E-state index contributed by atoms with van der Waals surface area (Å²) in [7, 11) is -5.50. The second-order valence-corrected chi connectivity index (χ2v) is 10.5. The Balaban J connectivity index is 1.90. The van der Waals surface area contributed by atoms with E-state index in [1.54, 1.807) is 17.0 Å². The standard InChI is InChI=1S/C15H20N2O5S2/c1-11(18)17-7-5-12-9-14(3-4-15(12)17)24(21,22)16(2)13-6-8-23(19,20)10-13/h3-4,9,13H,5-8,10H2,1-2H3. The Morgan fingerprint density at radius 2 is 2.04 bits per heavy atom. The molecule has 1 aromatic rings. The third-order valence-electron chi connectivity index (χ3n) is 4.73. The highest BCUT2D eigenvalue weighted by atomic mass is 32.2. The number of carbonyl (C=O) groups excluding carboxylic acids is 1. The van der Waals surface area contributed by atoms with Gasteiger partial charge in [-0.15, -0.1) is 0 Å². The molecule has 0 aliphatic carbocycles. The summed E-state index contributed by atoms with van der Waals surface area (Å²) in [6, 6.07) is 4.20. The van der Waals surface area contributed by atoms with Crippen LogP contribution < -0.4 is 4.90 Å². The van der Waals surface area contributed by atoms with E-state index < -0.39 is 25.9 Å². The van der Waals surface area contributed by atoms with E-state index in [9.17, 15) is 21.6 Å². The topological polar surface area (TPSA) is 91.8 Å². The van der Waals surface area contributed by atoms with Crippen molar-refractivity contribution in [2.45, 2.75) is 30.7 Å². The van der Waals surface area contributed by atoms with E-state index in [-0.39, 0.29) is 22.3 Å². The Labute approximate surface area is 142 Å². The zero-order valence-corrected chi connectivity index (χ0v) is 15.2. The lowest BCUT2D eigenvalue weighted by atomic mass is 10.2. The Morgan fingerprint density at radius 1 is 1.33 bits per heavy atom. The molecule has 1 atom stereocenters. The molecule has 7 nitrogen and oxygen atoms in total. The molecule has 1 fully saturated rings. The second-order valence-electron chi connectivity index (χ2n) is 6.29. The normalized spacial score (nSPS) is 22.8. The van der Waals surface area contributed by atoms with Gasteiger partial charge >= 0.3 is 0 Å². The first-order valence-corrected chi connectivity index (χ1v) is 11.0. The fraction of sp³-hybridized carbons (Fsp3) is 0.533. The molecular formula is C15H20N2O5S2. The molecule has 1 amide bonds. The van der Waals surface area contributed by atoms with Crippen molar-refractivity contribution in [3.63, 3.8) is 0 Å². The number of sulfonamides is 1. The Morgan fingerprint density at radius 3 is 2.62 bits per heavy atom. The van der Waals surface area contributed by atoms with Crippen molar-refractivity contribution in [3.8, 4) is 0 Å². The van der Waals surface area contributed by atoms with Crippen molar-refractivity contribution < 1.29 is 21.6 Å². The molecule has 3 rings (SSSR count). The highest BCUT2D eigenvalue weighted by Crippen LogP contribution is 2.32. The van der Waals surface area contributed by atoms with E-state index in [0.29, 0.717) is 19.4 Å². The average Bonchev–Trinajstić information content (AvgIpc) is 3.08. The zero-order valence-electron chi connectivity index (χ0n) is 13.6. The van der Waals surface area contributed by atoms with Crippen LogP contribution in [0, 0.1) is 0 Å². The van der Waals surface area contributed by atoms with Gasteiger partial charge in [0.25, 0.3) is 0 Å². The van der Waals surface area contributed by atoms with Crippen molar-refractivity contribution in [1.29, 1.82) is 0 Å². The summed E-state index contributed by atoms with van der Waals surface area (Å²) in [6.45, 7) is 2.03. The lowest BCUT2D eigenvalue weighted by Crippen LogP contribution is -2.37. The number of hydrogen-bond donors (Lipinski definition) is 0. The molecule has 0 saturated carbocycles. The highest BCUT2D eigenvalue weighted by Gasteiger charge is 2.37. The first-order valence-electron chi connectivity index (χ1n) is 7.71. The molecule has 9 heteroatoms. The van der Waals surface area contributed by atoms with Gasteiger partial charge < -0.3 is 4.90 Å². The molecule has 0 spiro atoms. The van der Waals surface area contributed by atoms with Crippen LogP contribution >= 0.6 is 0 Å². The predicted molar refractivity (Wildman–Crippen MR) is 90.2 cm³/mol. The van der Waals surface area contributed by atoms with Crippen LogP contribution in [0.3, 0.4) is 0 Å². The van der Waals surface area contributed by atoms with Crippen molar-refractivity contribution in [3.05, 3.63) is 23.8 Å². The molecule has 0 N–H and O–H groups in total. The number of anilines is 1. The first kappa shape index (κ1) is 17.4. The maximum absolute atomic E-state index is 12.8. The van der Waals surface area contributed by atoms with Crippen LogP contribution in [-0.2, 0) is 31.1 Å². The van der Waals surface area contributed by atoms with E-state index in [2.05, 4.69) is 0 Å². The summed E-state index contributed by atoms with van der Waals surface area (Å²) in [6.07, 6.45) is 0.931. The second kappa shape index (κ2) is 5.82. The largest absolute Gasteiger partial charge is 0.312 e. The van der Waals surface area contributed by atoms with E-state index in [4.69, 9.17) is 0 Å². The lowest BCUT2D eigenvalue weighted by molar-refractivity contribution is -0.116. The number of sulfone groups is 1. The molecule has 24 heavy (non-hydrogen) atoms. The number of nitrogens with zero attached hydrogens (tertiary/aromatic N) is 2. The molecule has 2 heterocycles. The zero-order chi connectivity index (χ0) is 17.7. The number of fused-ring (bicyclic) bond motifs is 1. The maximum Gasteiger partial charge on any atom is 0.243 e. The van der Waals surface area contributed by atoms with Gasteiger partial charge in [-0.2, -0.15) is 4.31 Å². The predicted octanol–water partition coefficient (Wildman–Crippen LogP) is 0.403. The van der Waals surface area contributed by atoms with E-state index in [1.165, 1.54) is 20.0 Å². The van der Waals surface area contributed by atoms with Crippen LogP contribution in [0.1, 0.15) is 18.9 Å². The Hall–Kier alpha value is -1.45. The maximum atomic E-state index is 12.8. The van der Waals surface area contributed by atoms with Gasteiger partial charge in [0.05, 0.1) is 16.4 Å². The van der Waals surface area contributed by atoms with E-state index in [0.717, 1.165) is 15.6 Å². The van der Waals surface area contributed by atoms with Crippen molar-refractivity contribution >= 4 is 31.5 Å². The molecule has 1 unspecified atom stereocenters. The number of amides is 1. The quantitative estimate of drug-likeness (QED) is 0.766. The van der Waals surface area contributed by atoms with E-state index >= 15 is 0 Å². The Bertz CT molecular complexity index is 892. The molecule has 0 bridgehead atoms. The van der Waals surface area contributed by atoms with Gasteiger partial charge in [0.1, 0.15) is 0 Å². The molecule has 2 aliphatic heterocycles. The molecule has 2 aliphatic rings. The number of rotatable bonds is 3. The molecule has 0 aromatic heterocycles. The summed E-state index contributed by atoms with van der Waals surface area (Å²) in [5.74, 6) is -0.182. The van der Waals surface area contributed by atoms with Crippen LogP contribution in [0.4, 0.5) is 5.69 Å². The first-order chi connectivity index (χ1) is 11.1. The number of carbonyl (C=O) groups is 1. The molecule has 1 aromatic carbocycles. The van der Waals surface area contributed by atoms with Crippen LogP contribution in [-0.4, -0.2) is 58.2 Å². The number of hydrogen-bond acceptors (Lipinski definition) is 5. The van der Waals surface area contributed by atoms with Crippen LogP contribution in [0.15, 0.2) is 23.1 Å². The van der Waals surface area contributed by atoms with Crippen molar-refractivity contribution in [2.75, 3.05) is 30.0 Å². The van der Waals surface area contributed by atoms with Crippen molar-refractivity contribution in [1.82, 2.24) is 4.31 Å². The van der Waals surface area contributed by atoms with E-state index in [1.807, 2.05) is 0 Å². The summed E-state index contributed by atoms with van der Waals surface area (Å²) < 4.78 is 50.0. The van der Waals surface area contributed by atoms with Gasteiger partial charge in [0.15, 0.2) is 9.84 Å². The summed E-state index contributed by atoms with van der Waals surface area (Å²) >= 11 is 0. The minimum absolute atomic E-state index is 0.0231. The Kier molecular flexibility index (Phi) is 4.21. The fourth-order valence-corrected chi connectivity index (χ4v) is 6.60. The SMILES string of the molecule is CC(=O)N1CCc2cc(S(=O)(=O)N(C)C3CCS(=O)(=O)C3)ccc21. The summed E-state index contributed by atoms with van der Waals surface area (Å²) in [5.41, 5.74) is 1.56. The van der Waals surface area contributed by atoms with Gasteiger partial charge in [0.2, 0.25) is 15.9 Å². The third-order valence-corrected chi connectivity index (χ3v) is 8.38. The molecule has 132 valence electrons. The number of benzene rings is 1. The minimum atomic E-state index is -3.77. The lowest BCUT2D eigenvalue weighted by Gasteiger charge is -2.23. The summed E-state index contributed by atoms with van der Waals surface area (Å²) in [5, 5.41) is 0. The smallest absolute Gasteiger partial charge is 0.243 e. The van der Waals surface area contributed by atoms with Gasteiger partial charge in [0, 0.05) is 32.2 Å². The van der Waals surface area contributed by atoms with Gasteiger partial charge in [-0.05, 0) is 36.6 Å². The summed E-state index contributed by atoms with van der Waals surface area (Å²) in [4.78, 5) is 13.3. The van der Waals surface area contributed by atoms with Gasteiger partial charge in [-0.25, -0.2) is 16.8 Å².